The van der Waals surface area contributed by atoms with E-state index < -0.39 is 6.04 Å². The molecule has 0 saturated carbocycles. The van der Waals surface area contributed by atoms with Gasteiger partial charge in [-0.25, -0.2) is 4.98 Å². The van der Waals surface area contributed by atoms with Gasteiger partial charge in [0.15, 0.2) is 6.04 Å². The molecule has 0 radical (unpaired) electrons. The number of benzene rings is 2. The molecule has 1 aliphatic rings. The smallest absolute Gasteiger partial charge is 0.282 e. The predicted molar refractivity (Wildman–Crippen MR) is 121 cm³/mol. The highest BCUT2D eigenvalue weighted by Crippen LogP contribution is 2.31. The van der Waals surface area contributed by atoms with Crippen LogP contribution in [0.5, 0.6) is 11.5 Å². The van der Waals surface area contributed by atoms with Gasteiger partial charge in [0.05, 0.1) is 30.8 Å². The number of ether oxygens (including phenoxy) is 2. The van der Waals surface area contributed by atoms with Crippen LogP contribution in [0.15, 0.2) is 69.2 Å². The van der Waals surface area contributed by atoms with Gasteiger partial charge in [-0.05, 0) is 62.4 Å². The van der Waals surface area contributed by atoms with Crippen molar-refractivity contribution in [2.75, 3.05) is 18.7 Å². The number of amides is 1. The second-order valence-corrected chi connectivity index (χ2v) is 7.52. The van der Waals surface area contributed by atoms with Gasteiger partial charge in [-0.3, -0.25) is 4.79 Å². The molecule has 8 nitrogen and oxygen atoms in total. The molecule has 1 unspecified atom stereocenters. The van der Waals surface area contributed by atoms with E-state index >= 15 is 0 Å². The van der Waals surface area contributed by atoms with Gasteiger partial charge in [0.25, 0.3) is 5.91 Å². The molecule has 0 bridgehead atoms. The second-order valence-electron chi connectivity index (χ2n) is 6.68. The second kappa shape index (κ2) is 9.05. The van der Waals surface area contributed by atoms with Crippen molar-refractivity contribution in [2.24, 2.45) is 15.3 Å². The average Bonchev–Trinajstić information content (AvgIpc) is 3.38. The number of aromatic nitrogens is 1. The lowest BCUT2D eigenvalue weighted by molar-refractivity contribution is -0.117. The molecule has 1 aromatic heterocycles. The number of hydrogen-bond donors (Lipinski definition) is 0. The number of thiazole rings is 1. The molecule has 1 amide bonds. The Kier molecular flexibility index (Phi) is 6.03. The number of rotatable bonds is 7. The molecule has 2 aromatic carbocycles. The van der Waals surface area contributed by atoms with Crippen molar-refractivity contribution in [1.82, 2.24) is 4.98 Å². The van der Waals surface area contributed by atoms with Crippen molar-refractivity contribution in [3.05, 3.63) is 53.9 Å². The first-order valence-corrected chi connectivity index (χ1v) is 10.6. The fourth-order valence-electron chi connectivity index (χ4n) is 2.98. The third kappa shape index (κ3) is 4.46. The van der Waals surface area contributed by atoms with Crippen LogP contribution in [0, 0.1) is 0 Å². The minimum absolute atomic E-state index is 0.275. The van der Waals surface area contributed by atoms with E-state index in [1.54, 1.807) is 26.2 Å². The Morgan fingerprint density at radius 3 is 2.48 bits per heavy atom. The van der Waals surface area contributed by atoms with E-state index in [2.05, 4.69) is 20.3 Å². The molecule has 4 rings (SSSR count). The van der Waals surface area contributed by atoms with Gasteiger partial charge in [-0.1, -0.05) is 0 Å². The van der Waals surface area contributed by atoms with Gasteiger partial charge in [-0.15, -0.1) is 11.3 Å². The Bertz CT molecular complexity index is 1120. The number of nitrogens with zero attached hydrogens (tertiary/aromatic N) is 5. The number of methoxy groups -OCH3 is 1. The Balaban J connectivity index is 1.48. The molecular formula is C22H21N5O3S. The van der Waals surface area contributed by atoms with Crippen molar-refractivity contribution < 1.29 is 14.3 Å². The quantitative estimate of drug-likeness (QED) is 0.483. The van der Waals surface area contributed by atoms with Crippen LogP contribution >= 0.6 is 11.3 Å². The van der Waals surface area contributed by atoms with Crippen molar-refractivity contribution in [1.29, 1.82) is 0 Å². The van der Waals surface area contributed by atoms with Crippen molar-refractivity contribution >= 4 is 33.8 Å². The standard InChI is InChI=1S/C22H21N5O3S/c1-4-30-18-11-7-16(8-12-18)24-25-20-14(2)26-27(21(20)28)22-23-19(13-31-22)15-5-9-17(29-3)10-6-15/h5-13,20H,4H2,1-3H3. The van der Waals surface area contributed by atoms with Gasteiger partial charge in [0.2, 0.25) is 5.13 Å². The van der Waals surface area contributed by atoms with E-state index in [1.807, 2.05) is 48.7 Å². The van der Waals surface area contributed by atoms with Gasteiger partial charge in [0, 0.05) is 10.9 Å². The van der Waals surface area contributed by atoms with E-state index in [4.69, 9.17) is 9.47 Å². The number of carbonyl (C=O) groups excluding carboxylic acids is 1. The van der Waals surface area contributed by atoms with Crippen LogP contribution in [-0.4, -0.2) is 36.4 Å². The summed E-state index contributed by atoms with van der Waals surface area (Å²) >= 11 is 1.35. The van der Waals surface area contributed by atoms with E-state index in [0.29, 0.717) is 23.1 Å². The summed E-state index contributed by atoms with van der Waals surface area (Å²) in [6, 6.07) is 14.0. The van der Waals surface area contributed by atoms with Crippen LogP contribution in [0.1, 0.15) is 13.8 Å². The summed E-state index contributed by atoms with van der Waals surface area (Å²) in [6.45, 7) is 4.28. The number of azo groups is 1. The SMILES string of the molecule is CCOc1ccc(N=NC2C(=O)N(c3nc(-c4ccc(OC)cc4)cs3)N=C2C)cc1. The fraction of sp³-hybridized carbons (Fsp3) is 0.227. The molecule has 0 fully saturated rings. The van der Waals surface area contributed by atoms with Crippen LogP contribution in [0.3, 0.4) is 0 Å². The zero-order chi connectivity index (χ0) is 21.8. The largest absolute Gasteiger partial charge is 0.497 e. The minimum atomic E-state index is -0.764. The van der Waals surface area contributed by atoms with Crippen molar-refractivity contribution in [3.63, 3.8) is 0 Å². The molecule has 2 heterocycles. The Morgan fingerprint density at radius 1 is 1.10 bits per heavy atom. The van der Waals surface area contributed by atoms with Gasteiger partial charge in [0.1, 0.15) is 11.5 Å². The Morgan fingerprint density at radius 2 is 1.81 bits per heavy atom. The first-order valence-electron chi connectivity index (χ1n) is 9.71. The molecule has 31 heavy (non-hydrogen) atoms. The van der Waals surface area contributed by atoms with Crippen LogP contribution < -0.4 is 14.5 Å². The highest BCUT2D eigenvalue weighted by atomic mass is 32.1. The molecule has 3 aromatic rings. The predicted octanol–water partition coefficient (Wildman–Crippen LogP) is 5.09. The van der Waals surface area contributed by atoms with E-state index in [-0.39, 0.29) is 5.91 Å². The summed E-state index contributed by atoms with van der Waals surface area (Å²) in [5.41, 5.74) is 2.91. The summed E-state index contributed by atoms with van der Waals surface area (Å²) in [6.07, 6.45) is 0. The third-order valence-corrected chi connectivity index (χ3v) is 5.41. The first-order chi connectivity index (χ1) is 15.1. The van der Waals surface area contributed by atoms with Crippen LogP contribution in [-0.2, 0) is 4.79 Å². The molecular weight excluding hydrogens is 414 g/mol. The summed E-state index contributed by atoms with van der Waals surface area (Å²) in [7, 11) is 1.62. The summed E-state index contributed by atoms with van der Waals surface area (Å²) in [4.78, 5) is 17.5. The van der Waals surface area contributed by atoms with Gasteiger partial charge >= 0.3 is 0 Å². The number of hydrazone groups is 1. The number of anilines is 1. The normalized spacial score (nSPS) is 16.1. The van der Waals surface area contributed by atoms with E-state index in [9.17, 15) is 4.79 Å². The Hall–Kier alpha value is -3.59. The maximum atomic E-state index is 12.9. The van der Waals surface area contributed by atoms with Crippen molar-refractivity contribution in [2.45, 2.75) is 19.9 Å². The maximum Gasteiger partial charge on any atom is 0.282 e. The van der Waals surface area contributed by atoms with E-state index in [0.717, 1.165) is 22.8 Å². The summed E-state index contributed by atoms with van der Waals surface area (Å²) in [5.74, 6) is 1.26. The zero-order valence-corrected chi connectivity index (χ0v) is 18.2. The molecule has 0 aliphatic carbocycles. The molecule has 9 heteroatoms. The first kappa shape index (κ1) is 20.7. The topological polar surface area (TPSA) is 88.7 Å². The van der Waals surface area contributed by atoms with Crippen LogP contribution in [0.25, 0.3) is 11.3 Å². The molecule has 1 aliphatic heterocycles. The highest BCUT2D eigenvalue weighted by molar-refractivity contribution is 7.14. The summed E-state index contributed by atoms with van der Waals surface area (Å²) in [5, 5.41) is 16.5. The molecule has 0 spiro atoms. The maximum absolute atomic E-state index is 12.9. The van der Waals surface area contributed by atoms with Gasteiger partial charge in [-0.2, -0.15) is 20.3 Å². The lowest BCUT2D eigenvalue weighted by Gasteiger charge is -2.08. The van der Waals surface area contributed by atoms with Crippen LogP contribution in [0.2, 0.25) is 0 Å². The molecule has 1 atom stereocenters. The zero-order valence-electron chi connectivity index (χ0n) is 17.3. The average molecular weight is 436 g/mol. The fourth-order valence-corrected chi connectivity index (χ4v) is 3.77. The Labute approximate surface area is 183 Å². The molecule has 158 valence electrons. The lowest BCUT2D eigenvalue weighted by Crippen LogP contribution is -2.29. The third-order valence-electron chi connectivity index (χ3n) is 4.59. The monoisotopic (exact) mass is 435 g/mol. The minimum Gasteiger partial charge on any atom is -0.497 e. The van der Waals surface area contributed by atoms with Crippen molar-refractivity contribution in [3.8, 4) is 22.8 Å². The summed E-state index contributed by atoms with van der Waals surface area (Å²) < 4.78 is 10.6. The number of hydrogen-bond acceptors (Lipinski definition) is 8. The molecule has 0 N–H and O–H groups in total. The van der Waals surface area contributed by atoms with Gasteiger partial charge < -0.3 is 9.47 Å². The van der Waals surface area contributed by atoms with Crippen LogP contribution in [0.4, 0.5) is 10.8 Å². The lowest BCUT2D eigenvalue weighted by atomic mass is 10.2. The molecule has 0 saturated heterocycles. The highest BCUT2D eigenvalue weighted by Gasteiger charge is 2.36. The van der Waals surface area contributed by atoms with E-state index in [1.165, 1.54) is 16.3 Å². The number of carbonyl (C=O) groups is 1.